The number of carboxylic acid groups (broad SMARTS) is 1. The van der Waals surface area contributed by atoms with Crippen molar-refractivity contribution in [1.82, 2.24) is 14.7 Å². The molecule has 0 saturated carbocycles. The lowest BCUT2D eigenvalue weighted by Gasteiger charge is -2.37. The fraction of sp³-hybridized carbons (Fsp3) is 0.667. The van der Waals surface area contributed by atoms with E-state index in [1.54, 1.807) is 20.8 Å². The van der Waals surface area contributed by atoms with Gasteiger partial charge in [0.2, 0.25) is 0 Å². The van der Waals surface area contributed by atoms with E-state index in [4.69, 9.17) is 4.74 Å². The molecule has 2 atom stereocenters. The number of hydrogen-bond acceptors (Lipinski definition) is 4. The molecule has 1 aliphatic heterocycles. The highest BCUT2D eigenvalue weighted by molar-refractivity contribution is 5.73. The average molecular weight is 345 g/mol. The van der Waals surface area contributed by atoms with Crippen molar-refractivity contribution in [2.75, 3.05) is 13.1 Å². The van der Waals surface area contributed by atoms with Gasteiger partial charge in [0.1, 0.15) is 5.60 Å². The van der Waals surface area contributed by atoms with Crippen LogP contribution in [0.5, 0.6) is 0 Å². The van der Waals surface area contributed by atoms with Crippen molar-refractivity contribution >= 4 is 12.1 Å². The molecule has 1 aromatic rings. The van der Waals surface area contributed by atoms with Crippen molar-refractivity contribution in [3.05, 3.63) is 18.0 Å². The van der Waals surface area contributed by atoms with Crippen LogP contribution in [0.1, 0.15) is 45.2 Å². The summed E-state index contributed by atoms with van der Waals surface area (Å²) in [5.74, 6) is -2.40. The number of halogens is 2. The topological polar surface area (TPSA) is 84.7 Å². The molecular weight excluding hydrogens is 324 g/mol. The molecule has 0 spiro atoms. The van der Waals surface area contributed by atoms with Gasteiger partial charge in [-0.25, -0.2) is 9.48 Å². The molecule has 1 aromatic heterocycles. The van der Waals surface area contributed by atoms with Gasteiger partial charge in [-0.3, -0.25) is 4.79 Å². The van der Waals surface area contributed by atoms with Crippen LogP contribution in [0.3, 0.4) is 0 Å². The molecule has 134 valence electrons. The lowest BCUT2D eigenvalue weighted by atomic mass is 9.82. The number of piperidine rings is 1. The Labute approximate surface area is 138 Å². The van der Waals surface area contributed by atoms with E-state index in [-0.39, 0.29) is 19.5 Å². The molecule has 24 heavy (non-hydrogen) atoms. The van der Waals surface area contributed by atoms with Crippen LogP contribution in [0.2, 0.25) is 0 Å². The first-order valence-electron chi connectivity index (χ1n) is 7.61. The minimum atomic E-state index is -2.80. The molecule has 2 heterocycles. The Kier molecular flexibility index (Phi) is 5.10. The van der Waals surface area contributed by atoms with Crippen LogP contribution in [0.25, 0.3) is 0 Å². The summed E-state index contributed by atoms with van der Waals surface area (Å²) in [6.07, 6.45) is 2.03. The first-order chi connectivity index (χ1) is 11.1. The summed E-state index contributed by atoms with van der Waals surface area (Å²) in [4.78, 5) is 25.1. The molecule has 7 nitrogen and oxygen atoms in total. The molecule has 9 heteroatoms. The van der Waals surface area contributed by atoms with Gasteiger partial charge in [-0.05, 0) is 32.8 Å². The minimum absolute atomic E-state index is 0.0841. The van der Waals surface area contributed by atoms with Crippen molar-refractivity contribution < 1.29 is 28.2 Å². The smallest absolute Gasteiger partial charge is 0.410 e. The van der Waals surface area contributed by atoms with Crippen molar-refractivity contribution in [3.63, 3.8) is 0 Å². The monoisotopic (exact) mass is 345 g/mol. The van der Waals surface area contributed by atoms with E-state index in [0.717, 1.165) is 6.20 Å². The number of nitrogens with zero attached hydrogens (tertiary/aromatic N) is 3. The Morgan fingerprint density at radius 3 is 2.58 bits per heavy atom. The van der Waals surface area contributed by atoms with Crippen molar-refractivity contribution in [2.45, 2.75) is 45.3 Å². The highest BCUT2D eigenvalue weighted by atomic mass is 19.3. The summed E-state index contributed by atoms with van der Waals surface area (Å²) < 4.78 is 31.2. The molecular formula is C15H21F2N3O4. The van der Waals surface area contributed by atoms with Gasteiger partial charge in [-0.1, -0.05) is 0 Å². The summed E-state index contributed by atoms with van der Waals surface area (Å²) in [6.45, 7) is 2.73. The van der Waals surface area contributed by atoms with Crippen LogP contribution >= 0.6 is 0 Å². The zero-order valence-corrected chi connectivity index (χ0v) is 13.8. The number of ether oxygens (including phenoxy) is 1. The van der Waals surface area contributed by atoms with Gasteiger partial charge in [0, 0.05) is 25.2 Å². The number of aromatic nitrogens is 2. The van der Waals surface area contributed by atoms with Crippen LogP contribution in [0.4, 0.5) is 13.6 Å². The Balaban J connectivity index is 2.20. The van der Waals surface area contributed by atoms with Crippen molar-refractivity contribution in [3.8, 4) is 0 Å². The van der Waals surface area contributed by atoms with Crippen molar-refractivity contribution in [1.29, 1.82) is 0 Å². The van der Waals surface area contributed by atoms with Gasteiger partial charge in [0.15, 0.2) is 0 Å². The lowest BCUT2D eigenvalue weighted by Crippen LogP contribution is -2.46. The number of hydrogen-bond donors (Lipinski definition) is 1. The molecule has 0 bridgehead atoms. The number of alkyl halides is 2. The summed E-state index contributed by atoms with van der Waals surface area (Å²) in [7, 11) is 0. The number of rotatable bonds is 3. The van der Waals surface area contributed by atoms with Crippen LogP contribution in [-0.4, -0.2) is 50.5 Å². The fourth-order valence-corrected chi connectivity index (χ4v) is 2.73. The lowest BCUT2D eigenvalue weighted by molar-refractivity contribution is -0.144. The third-order valence-corrected chi connectivity index (χ3v) is 3.83. The number of aliphatic carboxylic acids is 1. The molecule has 1 saturated heterocycles. The third-order valence-electron chi connectivity index (χ3n) is 3.83. The Bertz CT molecular complexity index is 612. The van der Waals surface area contributed by atoms with Crippen LogP contribution < -0.4 is 0 Å². The highest BCUT2D eigenvalue weighted by Crippen LogP contribution is 2.33. The van der Waals surface area contributed by atoms with E-state index in [2.05, 4.69) is 5.10 Å². The molecule has 0 aliphatic carbocycles. The predicted molar refractivity (Wildman–Crippen MR) is 79.8 cm³/mol. The normalized spacial score (nSPS) is 21.8. The van der Waals surface area contributed by atoms with Crippen LogP contribution in [0, 0.1) is 5.92 Å². The average Bonchev–Trinajstić information content (AvgIpc) is 2.94. The summed E-state index contributed by atoms with van der Waals surface area (Å²) in [6, 6.07) is 0. The maximum atomic E-state index is 12.7. The second kappa shape index (κ2) is 6.74. The standard InChI is InChI=1S/C15H21F2N3O4/c1-15(2,3)24-14(23)19-5-4-10(12(21)22)11(8-19)9-6-18-20(7-9)13(16)17/h6-7,10-11,13H,4-5,8H2,1-3H3,(H,21,22)/t10-,11+/m1/s1. The van der Waals surface area contributed by atoms with E-state index >= 15 is 0 Å². The fourth-order valence-electron chi connectivity index (χ4n) is 2.73. The van der Waals surface area contributed by atoms with E-state index in [1.807, 2.05) is 0 Å². The third kappa shape index (κ3) is 4.21. The second-order valence-corrected chi connectivity index (χ2v) is 6.80. The molecule has 2 rings (SSSR count). The molecule has 1 amide bonds. The zero-order valence-electron chi connectivity index (χ0n) is 13.8. The maximum absolute atomic E-state index is 12.7. The number of carbonyl (C=O) groups is 2. The van der Waals surface area contributed by atoms with Gasteiger partial charge in [-0.15, -0.1) is 0 Å². The molecule has 1 N–H and O–H groups in total. The van der Waals surface area contributed by atoms with E-state index in [1.165, 1.54) is 11.1 Å². The maximum Gasteiger partial charge on any atom is 0.410 e. The zero-order chi connectivity index (χ0) is 18.1. The first-order valence-corrected chi connectivity index (χ1v) is 7.61. The van der Waals surface area contributed by atoms with E-state index < -0.39 is 36.0 Å². The van der Waals surface area contributed by atoms with Gasteiger partial charge in [0.25, 0.3) is 0 Å². The van der Waals surface area contributed by atoms with Gasteiger partial charge in [0.05, 0.1) is 12.1 Å². The number of carbonyl (C=O) groups excluding carboxylic acids is 1. The number of carboxylic acids is 1. The van der Waals surface area contributed by atoms with E-state index in [9.17, 15) is 23.5 Å². The molecule has 0 aromatic carbocycles. The summed E-state index contributed by atoms with van der Waals surface area (Å²) in [5.41, 5.74) is -0.299. The molecule has 1 aliphatic rings. The predicted octanol–water partition coefficient (Wildman–Crippen LogP) is 2.70. The Morgan fingerprint density at radius 2 is 2.08 bits per heavy atom. The Hall–Kier alpha value is -2.19. The minimum Gasteiger partial charge on any atom is -0.481 e. The number of amides is 1. The van der Waals surface area contributed by atoms with E-state index in [0.29, 0.717) is 10.2 Å². The molecule has 0 unspecified atom stereocenters. The largest absolute Gasteiger partial charge is 0.481 e. The first kappa shape index (κ1) is 18.2. The van der Waals surface area contributed by atoms with Crippen LogP contribution in [-0.2, 0) is 9.53 Å². The van der Waals surface area contributed by atoms with Gasteiger partial charge in [-0.2, -0.15) is 13.9 Å². The quantitative estimate of drug-likeness (QED) is 0.910. The SMILES string of the molecule is CC(C)(C)OC(=O)N1CC[C@@H](C(=O)O)[C@H](c2cnn(C(F)F)c2)C1. The summed E-state index contributed by atoms with van der Waals surface area (Å²) >= 11 is 0. The van der Waals surface area contributed by atoms with Gasteiger partial charge < -0.3 is 14.7 Å². The second-order valence-electron chi connectivity index (χ2n) is 6.80. The van der Waals surface area contributed by atoms with Gasteiger partial charge >= 0.3 is 18.6 Å². The summed E-state index contributed by atoms with van der Waals surface area (Å²) in [5, 5.41) is 12.9. The Morgan fingerprint density at radius 1 is 1.42 bits per heavy atom. The number of likely N-dealkylation sites (tertiary alicyclic amines) is 1. The molecule has 0 radical (unpaired) electrons. The highest BCUT2D eigenvalue weighted by Gasteiger charge is 2.38. The van der Waals surface area contributed by atoms with Crippen molar-refractivity contribution in [2.24, 2.45) is 5.92 Å². The van der Waals surface area contributed by atoms with Crippen LogP contribution in [0.15, 0.2) is 12.4 Å². The molecule has 1 fully saturated rings.